The second-order valence-corrected chi connectivity index (χ2v) is 9.50. The molecule has 0 aromatic heterocycles. The Morgan fingerprint density at radius 3 is 2.29 bits per heavy atom. The van der Waals surface area contributed by atoms with Gasteiger partial charge >= 0.3 is 0 Å². The molecule has 2 aromatic rings. The first-order valence-electron chi connectivity index (χ1n) is 10.1. The van der Waals surface area contributed by atoms with Crippen LogP contribution in [-0.4, -0.2) is 43.7 Å². The molecule has 0 unspecified atom stereocenters. The van der Waals surface area contributed by atoms with E-state index in [9.17, 15) is 22.4 Å². The van der Waals surface area contributed by atoms with Gasteiger partial charge in [0, 0.05) is 25.6 Å². The van der Waals surface area contributed by atoms with Gasteiger partial charge in [0.05, 0.1) is 4.90 Å². The largest absolute Gasteiger partial charge is 0.350 e. The summed E-state index contributed by atoms with van der Waals surface area (Å²) < 4.78 is 39.7. The number of piperidine rings is 1. The van der Waals surface area contributed by atoms with Crippen molar-refractivity contribution in [3.05, 3.63) is 66.0 Å². The summed E-state index contributed by atoms with van der Waals surface area (Å²) in [5, 5.41) is 5.41. The number of sulfonamides is 1. The van der Waals surface area contributed by atoms with Crippen LogP contribution in [0.15, 0.2) is 59.5 Å². The molecule has 166 valence electrons. The topological polar surface area (TPSA) is 95.6 Å². The van der Waals surface area contributed by atoms with E-state index in [1.54, 1.807) is 49.4 Å². The Hall–Kier alpha value is -2.78. The highest BCUT2D eigenvalue weighted by Gasteiger charge is 2.32. The van der Waals surface area contributed by atoms with Crippen molar-refractivity contribution in [3.8, 4) is 0 Å². The minimum Gasteiger partial charge on any atom is -0.350 e. The third kappa shape index (κ3) is 5.89. The molecule has 1 aliphatic heterocycles. The molecule has 7 nitrogen and oxygen atoms in total. The number of amides is 2. The van der Waals surface area contributed by atoms with Crippen molar-refractivity contribution >= 4 is 21.8 Å². The predicted molar refractivity (Wildman–Crippen MR) is 114 cm³/mol. The lowest BCUT2D eigenvalue weighted by atomic mass is 9.97. The lowest BCUT2D eigenvalue weighted by Gasteiger charge is -2.31. The fourth-order valence-electron chi connectivity index (χ4n) is 3.44. The summed E-state index contributed by atoms with van der Waals surface area (Å²) in [5.74, 6) is -1.31. The molecule has 31 heavy (non-hydrogen) atoms. The van der Waals surface area contributed by atoms with Crippen molar-refractivity contribution in [1.29, 1.82) is 0 Å². The summed E-state index contributed by atoms with van der Waals surface area (Å²) in [4.78, 5) is 25.0. The highest BCUT2D eigenvalue weighted by atomic mass is 32.2. The number of hydrogen-bond acceptors (Lipinski definition) is 4. The van der Waals surface area contributed by atoms with Crippen LogP contribution >= 0.6 is 0 Å². The zero-order valence-corrected chi connectivity index (χ0v) is 18.1. The van der Waals surface area contributed by atoms with Crippen LogP contribution in [0.2, 0.25) is 0 Å². The Labute approximate surface area is 181 Å². The van der Waals surface area contributed by atoms with E-state index in [-0.39, 0.29) is 48.1 Å². The number of carbonyl (C=O) groups is 2. The van der Waals surface area contributed by atoms with Gasteiger partial charge in [-0.3, -0.25) is 9.59 Å². The molecule has 0 aliphatic carbocycles. The van der Waals surface area contributed by atoms with Crippen LogP contribution in [0, 0.1) is 11.7 Å². The molecular formula is C22H26FN3O4S. The molecule has 2 aromatic carbocycles. The molecule has 0 bridgehead atoms. The molecule has 1 fully saturated rings. The SMILES string of the molecule is C[C@@H](NC(=O)C1CCN(S(=O)(=O)c2ccccc2)CC1)C(=O)NCc1ccc(F)cc1. The molecular weight excluding hydrogens is 421 g/mol. The number of hydrogen-bond donors (Lipinski definition) is 2. The van der Waals surface area contributed by atoms with E-state index in [0.717, 1.165) is 5.56 Å². The van der Waals surface area contributed by atoms with E-state index >= 15 is 0 Å². The third-order valence-corrected chi connectivity index (χ3v) is 7.25. The Morgan fingerprint density at radius 1 is 1.06 bits per heavy atom. The summed E-state index contributed by atoms with van der Waals surface area (Å²) >= 11 is 0. The standard InChI is InChI=1S/C22H26FN3O4S/c1-16(21(27)24-15-17-7-9-19(23)10-8-17)25-22(28)18-11-13-26(14-12-18)31(29,30)20-5-3-2-4-6-20/h2-10,16,18H,11-15H2,1H3,(H,24,27)(H,25,28)/t16-/m1/s1. The fourth-order valence-corrected chi connectivity index (χ4v) is 4.93. The molecule has 1 atom stereocenters. The Morgan fingerprint density at radius 2 is 1.68 bits per heavy atom. The smallest absolute Gasteiger partial charge is 0.243 e. The van der Waals surface area contributed by atoms with Gasteiger partial charge in [-0.15, -0.1) is 0 Å². The third-order valence-electron chi connectivity index (χ3n) is 5.34. The molecule has 0 spiro atoms. The molecule has 0 radical (unpaired) electrons. The van der Waals surface area contributed by atoms with Crippen LogP contribution in [0.25, 0.3) is 0 Å². The molecule has 2 N–H and O–H groups in total. The van der Waals surface area contributed by atoms with Gasteiger partial charge in [-0.2, -0.15) is 4.31 Å². The molecule has 9 heteroatoms. The normalized spacial score (nSPS) is 16.5. The second kappa shape index (κ2) is 10.0. The van der Waals surface area contributed by atoms with Crippen LogP contribution in [0.1, 0.15) is 25.3 Å². The van der Waals surface area contributed by atoms with Crippen LogP contribution in [0.4, 0.5) is 4.39 Å². The lowest BCUT2D eigenvalue weighted by Crippen LogP contribution is -2.49. The van der Waals surface area contributed by atoms with Crippen molar-refractivity contribution in [2.45, 2.75) is 37.2 Å². The van der Waals surface area contributed by atoms with Gasteiger partial charge in [-0.25, -0.2) is 12.8 Å². The van der Waals surface area contributed by atoms with Crippen LogP contribution in [-0.2, 0) is 26.2 Å². The first kappa shape index (κ1) is 22.9. The number of carbonyl (C=O) groups excluding carboxylic acids is 2. The van der Waals surface area contributed by atoms with Gasteiger partial charge in [-0.05, 0) is 49.6 Å². The van der Waals surface area contributed by atoms with Gasteiger partial charge in [0.25, 0.3) is 0 Å². The summed E-state index contributed by atoms with van der Waals surface area (Å²) in [6.45, 7) is 2.32. The molecule has 3 rings (SSSR count). The Balaban J connectivity index is 1.47. The zero-order chi connectivity index (χ0) is 22.4. The van der Waals surface area contributed by atoms with Gasteiger partial charge in [0.2, 0.25) is 21.8 Å². The number of benzene rings is 2. The van der Waals surface area contributed by atoms with Crippen molar-refractivity contribution in [2.24, 2.45) is 5.92 Å². The summed E-state index contributed by atoms with van der Waals surface area (Å²) in [7, 11) is -3.57. The Kier molecular flexibility index (Phi) is 7.40. The maximum atomic E-state index is 12.9. The monoisotopic (exact) mass is 447 g/mol. The van der Waals surface area contributed by atoms with Crippen molar-refractivity contribution < 1.29 is 22.4 Å². The van der Waals surface area contributed by atoms with E-state index < -0.39 is 16.1 Å². The first-order valence-corrected chi connectivity index (χ1v) is 11.6. The van der Waals surface area contributed by atoms with Gasteiger partial charge in [0.1, 0.15) is 11.9 Å². The quantitative estimate of drug-likeness (QED) is 0.679. The maximum Gasteiger partial charge on any atom is 0.243 e. The van der Waals surface area contributed by atoms with Crippen LogP contribution < -0.4 is 10.6 Å². The number of rotatable bonds is 7. The predicted octanol–water partition coefficient (Wildman–Crippen LogP) is 2.05. The average Bonchev–Trinajstić information content (AvgIpc) is 2.79. The minimum atomic E-state index is -3.57. The van der Waals surface area contributed by atoms with Crippen molar-refractivity contribution in [3.63, 3.8) is 0 Å². The zero-order valence-electron chi connectivity index (χ0n) is 17.3. The number of nitrogens with one attached hydrogen (secondary N) is 2. The lowest BCUT2D eigenvalue weighted by molar-refractivity contribution is -0.131. The van der Waals surface area contributed by atoms with E-state index in [0.29, 0.717) is 12.8 Å². The van der Waals surface area contributed by atoms with Crippen molar-refractivity contribution in [1.82, 2.24) is 14.9 Å². The maximum absolute atomic E-state index is 12.9. The molecule has 2 amide bonds. The van der Waals surface area contributed by atoms with E-state index in [1.165, 1.54) is 16.4 Å². The summed E-state index contributed by atoms with van der Waals surface area (Å²) in [6, 6.07) is 13.3. The molecule has 1 aliphatic rings. The number of halogens is 1. The van der Waals surface area contributed by atoms with Gasteiger partial charge < -0.3 is 10.6 Å². The molecule has 1 saturated heterocycles. The van der Waals surface area contributed by atoms with E-state index in [4.69, 9.17) is 0 Å². The van der Waals surface area contributed by atoms with Crippen LogP contribution in [0.5, 0.6) is 0 Å². The number of nitrogens with zero attached hydrogens (tertiary/aromatic N) is 1. The van der Waals surface area contributed by atoms with Gasteiger partial charge in [-0.1, -0.05) is 30.3 Å². The fraction of sp³-hybridized carbons (Fsp3) is 0.364. The highest BCUT2D eigenvalue weighted by molar-refractivity contribution is 7.89. The highest BCUT2D eigenvalue weighted by Crippen LogP contribution is 2.24. The molecule has 1 heterocycles. The summed E-state index contributed by atoms with van der Waals surface area (Å²) in [5.41, 5.74) is 0.750. The average molecular weight is 448 g/mol. The second-order valence-electron chi connectivity index (χ2n) is 7.57. The first-order chi connectivity index (χ1) is 14.8. The van der Waals surface area contributed by atoms with Crippen LogP contribution in [0.3, 0.4) is 0 Å². The minimum absolute atomic E-state index is 0.231. The molecule has 0 saturated carbocycles. The summed E-state index contributed by atoms with van der Waals surface area (Å²) in [6.07, 6.45) is 0.781. The van der Waals surface area contributed by atoms with Crippen molar-refractivity contribution in [2.75, 3.05) is 13.1 Å². The Bertz CT molecular complexity index is 1000. The van der Waals surface area contributed by atoms with Gasteiger partial charge in [0.15, 0.2) is 0 Å². The van der Waals surface area contributed by atoms with E-state index in [2.05, 4.69) is 10.6 Å². The van der Waals surface area contributed by atoms with E-state index in [1.807, 2.05) is 0 Å².